The van der Waals surface area contributed by atoms with E-state index < -0.39 is 16.7 Å². The molecule has 0 saturated carbocycles. The summed E-state index contributed by atoms with van der Waals surface area (Å²) in [6.45, 7) is 3.67. The third-order valence-electron chi connectivity index (χ3n) is 5.30. The second-order valence-corrected chi connectivity index (χ2v) is 7.69. The monoisotopic (exact) mass is 447 g/mol. The summed E-state index contributed by atoms with van der Waals surface area (Å²) in [7, 11) is 0. The van der Waals surface area contributed by atoms with Crippen LogP contribution >= 0.6 is 0 Å². The Labute approximate surface area is 188 Å². The number of hydrazone groups is 1. The van der Waals surface area contributed by atoms with Crippen molar-refractivity contribution in [2.24, 2.45) is 5.10 Å². The molecular weight excluding hydrogens is 426 g/mol. The van der Waals surface area contributed by atoms with Gasteiger partial charge in [0.25, 0.3) is 17.5 Å². The predicted molar refractivity (Wildman–Crippen MR) is 120 cm³/mol. The average molecular weight is 447 g/mol. The molecule has 2 heterocycles. The van der Waals surface area contributed by atoms with E-state index in [1.165, 1.54) is 24.3 Å². The molecule has 2 N–H and O–H groups in total. The Balaban J connectivity index is 1.55. The molecule has 0 unspecified atom stereocenters. The summed E-state index contributed by atoms with van der Waals surface area (Å²) in [5, 5.41) is 17.9. The maximum atomic E-state index is 12.8. The van der Waals surface area contributed by atoms with Crippen LogP contribution in [-0.4, -0.2) is 27.4 Å². The van der Waals surface area contributed by atoms with Gasteiger partial charge in [-0.3, -0.25) is 19.7 Å². The van der Waals surface area contributed by atoms with Crippen molar-refractivity contribution in [1.82, 2.24) is 10.4 Å². The molecule has 0 atom stereocenters. The fourth-order valence-electron chi connectivity index (χ4n) is 3.66. The molecule has 0 saturated heterocycles. The van der Waals surface area contributed by atoms with Crippen LogP contribution in [0.25, 0.3) is 0 Å². The van der Waals surface area contributed by atoms with Crippen LogP contribution in [0.15, 0.2) is 52.1 Å². The maximum absolute atomic E-state index is 12.8. The molecule has 0 spiro atoms. The highest BCUT2D eigenvalue weighted by Crippen LogP contribution is 2.30. The molecule has 0 aliphatic heterocycles. The third kappa shape index (κ3) is 4.64. The molecule has 10 nitrogen and oxygen atoms in total. The highest BCUT2D eigenvalue weighted by Gasteiger charge is 2.28. The number of pyridine rings is 1. The van der Waals surface area contributed by atoms with Crippen molar-refractivity contribution in [3.8, 4) is 0 Å². The number of hydrogen-bond acceptors (Lipinski definition) is 7. The first kappa shape index (κ1) is 21.9. The molecule has 3 aromatic rings. The molecule has 1 aromatic carbocycles. The molecular formula is C23H21N5O5. The molecule has 2 aromatic heterocycles. The summed E-state index contributed by atoms with van der Waals surface area (Å²) >= 11 is 0. The van der Waals surface area contributed by atoms with E-state index in [9.17, 15) is 19.7 Å². The predicted octanol–water partition coefficient (Wildman–Crippen LogP) is 3.92. The number of nitrogens with one attached hydrogen (secondary N) is 2. The van der Waals surface area contributed by atoms with E-state index in [1.54, 1.807) is 19.2 Å². The van der Waals surface area contributed by atoms with E-state index in [1.807, 2.05) is 13.0 Å². The minimum atomic E-state index is -0.567. The highest BCUT2D eigenvalue weighted by molar-refractivity contribution is 6.09. The number of amides is 2. The highest BCUT2D eigenvalue weighted by atomic mass is 16.6. The second-order valence-electron chi connectivity index (χ2n) is 7.69. The summed E-state index contributed by atoms with van der Waals surface area (Å²) in [6, 6.07) is 8.96. The number of carbonyl (C=O) groups is 2. The number of furan rings is 1. The zero-order valence-corrected chi connectivity index (χ0v) is 18.0. The molecule has 4 rings (SSSR count). The van der Waals surface area contributed by atoms with Crippen LogP contribution < -0.4 is 10.7 Å². The number of fused-ring (bicyclic) bond motifs is 1. The van der Waals surface area contributed by atoms with Crippen LogP contribution in [0.5, 0.6) is 0 Å². The van der Waals surface area contributed by atoms with Crippen molar-refractivity contribution in [1.29, 1.82) is 0 Å². The van der Waals surface area contributed by atoms with Crippen molar-refractivity contribution in [2.45, 2.75) is 33.1 Å². The summed E-state index contributed by atoms with van der Waals surface area (Å²) in [5.41, 5.74) is 5.29. The Morgan fingerprint density at radius 3 is 2.70 bits per heavy atom. The Kier molecular flexibility index (Phi) is 5.99. The van der Waals surface area contributed by atoms with Crippen LogP contribution in [0.3, 0.4) is 0 Å². The molecule has 10 heteroatoms. The smallest absolute Gasteiger partial charge is 0.292 e. The summed E-state index contributed by atoms with van der Waals surface area (Å²) in [6.07, 6.45) is 3.63. The number of benzene rings is 1. The number of anilines is 1. The van der Waals surface area contributed by atoms with Gasteiger partial charge in [-0.05, 0) is 44.4 Å². The molecule has 168 valence electrons. The SMILES string of the molecule is Cc1ccc(NC(=O)c2oc3c(c2C)/C(=N/NC(=O)c2cccc([N+](=O)[O-])c2)CCC3)nc1. The first-order valence-electron chi connectivity index (χ1n) is 10.3. The van der Waals surface area contributed by atoms with Gasteiger partial charge in [0.2, 0.25) is 0 Å². The lowest BCUT2D eigenvalue weighted by molar-refractivity contribution is -0.384. The number of nitro groups is 1. The van der Waals surface area contributed by atoms with Crippen molar-refractivity contribution >= 4 is 29.0 Å². The number of carbonyl (C=O) groups excluding carboxylic acids is 2. The van der Waals surface area contributed by atoms with Crippen LogP contribution in [-0.2, 0) is 6.42 Å². The van der Waals surface area contributed by atoms with E-state index in [2.05, 4.69) is 20.8 Å². The standard InChI is InChI=1S/C23H21N5O5/c1-13-9-10-19(24-12-13)25-23(30)21-14(2)20-17(7-4-8-18(20)33-21)26-27-22(29)15-5-3-6-16(11-15)28(31)32/h3,5-6,9-12H,4,7-8H2,1-2H3,(H,27,29)(H,24,25,30)/b26-17+. The number of rotatable bonds is 5. The lowest BCUT2D eigenvalue weighted by Gasteiger charge is -2.13. The van der Waals surface area contributed by atoms with Crippen molar-refractivity contribution in [3.05, 3.63) is 86.5 Å². The zero-order valence-electron chi connectivity index (χ0n) is 18.0. The molecule has 33 heavy (non-hydrogen) atoms. The average Bonchev–Trinajstić information content (AvgIpc) is 3.16. The number of aromatic nitrogens is 1. The summed E-state index contributed by atoms with van der Waals surface area (Å²) in [4.78, 5) is 39.8. The van der Waals surface area contributed by atoms with Crippen LogP contribution in [0.2, 0.25) is 0 Å². The van der Waals surface area contributed by atoms with Gasteiger partial charge in [0.15, 0.2) is 5.76 Å². The van der Waals surface area contributed by atoms with Gasteiger partial charge in [-0.1, -0.05) is 12.1 Å². The minimum absolute atomic E-state index is 0.124. The van der Waals surface area contributed by atoms with Crippen LogP contribution in [0, 0.1) is 24.0 Å². The number of nitrogens with zero attached hydrogens (tertiary/aromatic N) is 3. The second kappa shape index (κ2) is 9.03. The first-order valence-corrected chi connectivity index (χ1v) is 10.3. The number of nitro benzene ring substituents is 1. The Hall–Kier alpha value is -4.34. The number of non-ortho nitro benzene ring substituents is 1. The number of aryl methyl sites for hydroxylation is 2. The molecule has 1 aliphatic rings. The minimum Gasteiger partial charge on any atom is -0.455 e. The van der Waals surface area contributed by atoms with Gasteiger partial charge in [-0.25, -0.2) is 10.4 Å². The van der Waals surface area contributed by atoms with Crippen molar-refractivity contribution in [3.63, 3.8) is 0 Å². The molecule has 0 radical (unpaired) electrons. The largest absolute Gasteiger partial charge is 0.455 e. The van der Waals surface area contributed by atoms with E-state index in [0.717, 1.165) is 12.0 Å². The zero-order chi connectivity index (χ0) is 23.5. The third-order valence-corrected chi connectivity index (χ3v) is 5.30. The van der Waals surface area contributed by atoms with E-state index in [4.69, 9.17) is 4.42 Å². The molecule has 0 fully saturated rings. The Bertz CT molecular complexity index is 1280. The van der Waals surface area contributed by atoms with Gasteiger partial charge in [-0.15, -0.1) is 0 Å². The van der Waals surface area contributed by atoms with Crippen LogP contribution in [0.1, 0.15) is 56.2 Å². The normalized spacial score (nSPS) is 13.9. The summed E-state index contributed by atoms with van der Waals surface area (Å²) < 4.78 is 5.85. The Morgan fingerprint density at radius 2 is 1.97 bits per heavy atom. The first-order chi connectivity index (χ1) is 15.8. The van der Waals surface area contributed by atoms with Crippen LogP contribution in [0.4, 0.5) is 11.5 Å². The summed E-state index contributed by atoms with van der Waals surface area (Å²) in [5.74, 6) is 0.227. The topological polar surface area (TPSA) is 140 Å². The van der Waals surface area contributed by atoms with Gasteiger partial charge >= 0.3 is 0 Å². The van der Waals surface area contributed by atoms with Gasteiger partial charge in [-0.2, -0.15) is 5.10 Å². The fourth-order valence-corrected chi connectivity index (χ4v) is 3.66. The van der Waals surface area contributed by atoms with E-state index in [0.29, 0.717) is 41.3 Å². The van der Waals surface area contributed by atoms with Gasteiger partial charge in [0.05, 0.1) is 10.6 Å². The van der Waals surface area contributed by atoms with E-state index in [-0.39, 0.29) is 17.0 Å². The maximum Gasteiger partial charge on any atom is 0.292 e. The molecule has 2 amide bonds. The lowest BCUT2D eigenvalue weighted by atomic mass is 9.93. The molecule has 1 aliphatic carbocycles. The van der Waals surface area contributed by atoms with Crippen molar-refractivity contribution < 1.29 is 18.9 Å². The van der Waals surface area contributed by atoms with Gasteiger partial charge < -0.3 is 9.73 Å². The Morgan fingerprint density at radius 1 is 1.15 bits per heavy atom. The molecule has 0 bridgehead atoms. The number of hydrogen-bond donors (Lipinski definition) is 2. The van der Waals surface area contributed by atoms with Gasteiger partial charge in [0.1, 0.15) is 11.6 Å². The van der Waals surface area contributed by atoms with Gasteiger partial charge in [0, 0.05) is 41.4 Å². The van der Waals surface area contributed by atoms with E-state index >= 15 is 0 Å². The fraction of sp³-hybridized carbons (Fsp3) is 0.217. The quantitative estimate of drug-likeness (QED) is 0.449. The lowest BCUT2D eigenvalue weighted by Crippen LogP contribution is -2.22. The van der Waals surface area contributed by atoms with Crippen molar-refractivity contribution in [2.75, 3.05) is 5.32 Å².